The number of nitro groups is 1. The van der Waals surface area contributed by atoms with Crippen LogP contribution in [0.2, 0.25) is 0 Å². The highest BCUT2D eigenvalue weighted by molar-refractivity contribution is 6.02. The molecule has 1 aliphatic heterocycles. The Morgan fingerprint density at radius 3 is 2.69 bits per heavy atom. The molecule has 0 radical (unpaired) electrons. The summed E-state index contributed by atoms with van der Waals surface area (Å²) in [5, 5.41) is 18.1. The average molecular weight is 477 g/mol. The van der Waals surface area contributed by atoms with Gasteiger partial charge in [0.15, 0.2) is 5.69 Å². The zero-order valence-electron chi connectivity index (χ0n) is 18.9. The van der Waals surface area contributed by atoms with Crippen LogP contribution in [-0.4, -0.2) is 44.6 Å². The van der Waals surface area contributed by atoms with Gasteiger partial charge in [-0.15, -0.1) is 0 Å². The number of piperidine rings is 1. The number of pyridine rings is 1. The molecule has 2 aromatic heterocycles. The number of benzene rings is 1. The van der Waals surface area contributed by atoms with Gasteiger partial charge >= 0.3 is 0 Å². The van der Waals surface area contributed by atoms with Crippen molar-refractivity contribution < 1.29 is 14.5 Å². The zero-order valence-corrected chi connectivity index (χ0v) is 18.9. The van der Waals surface area contributed by atoms with Crippen molar-refractivity contribution in [2.75, 3.05) is 23.3 Å². The van der Waals surface area contributed by atoms with E-state index < -0.39 is 22.0 Å². The number of nitrogens with two attached hydrogens (primary N) is 1. The third-order valence-corrected chi connectivity index (χ3v) is 5.78. The van der Waals surface area contributed by atoms with Crippen LogP contribution in [0, 0.1) is 23.0 Å². The van der Waals surface area contributed by atoms with Crippen LogP contribution in [0.3, 0.4) is 0 Å². The third-order valence-electron chi connectivity index (χ3n) is 5.78. The number of carbonyl (C=O) groups excluding carboxylic acids is 2. The molecule has 1 saturated heterocycles. The monoisotopic (exact) mass is 477 g/mol. The van der Waals surface area contributed by atoms with Crippen LogP contribution in [0.25, 0.3) is 5.69 Å². The van der Waals surface area contributed by atoms with E-state index >= 15 is 0 Å². The number of aromatic nitrogens is 3. The summed E-state index contributed by atoms with van der Waals surface area (Å²) in [6, 6.07) is 10.4. The second-order valence-corrected chi connectivity index (χ2v) is 8.20. The van der Waals surface area contributed by atoms with Gasteiger partial charge in [0.05, 0.1) is 22.7 Å². The lowest BCUT2D eigenvalue weighted by Crippen LogP contribution is -2.41. The summed E-state index contributed by atoms with van der Waals surface area (Å²) in [4.78, 5) is 54.0. The number of primary amides is 1. The fraction of sp³-hybridized carbons (Fsp3) is 0.261. The molecule has 2 amide bonds. The fourth-order valence-corrected chi connectivity index (χ4v) is 4.00. The summed E-state index contributed by atoms with van der Waals surface area (Å²) in [6.07, 6.45) is 3.00. The number of hydrogen-bond acceptors (Lipinski definition) is 8. The number of carbonyl (C=O) groups is 2. The Morgan fingerprint density at radius 2 is 2.00 bits per heavy atom. The van der Waals surface area contributed by atoms with E-state index in [1.807, 2.05) is 4.90 Å². The minimum absolute atomic E-state index is 0.130. The van der Waals surface area contributed by atoms with E-state index in [2.05, 4.69) is 15.4 Å². The molecule has 3 aromatic rings. The fourth-order valence-electron chi connectivity index (χ4n) is 4.00. The molecule has 12 nitrogen and oxygen atoms in total. The van der Waals surface area contributed by atoms with Crippen LogP contribution < -0.4 is 21.4 Å². The largest absolute Gasteiger partial charge is 0.369 e. The van der Waals surface area contributed by atoms with Crippen LogP contribution >= 0.6 is 0 Å². The molecule has 3 N–H and O–H groups in total. The summed E-state index contributed by atoms with van der Waals surface area (Å²) in [5.74, 6) is -0.708. The third kappa shape index (κ3) is 5.00. The van der Waals surface area contributed by atoms with Crippen molar-refractivity contribution in [2.24, 2.45) is 11.7 Å². The van der Waals surface area contributed by atoms with E-state index in [0.29, 0.717) is 23.7 Å². The number of amides is 2. The lowest BCUT2D eigenvalue weighted by Gasteiger charge is -2.32. The maximum atomic E-state index is 12.8. The standard InChI is InChI=1S/C23H23N7O5/c1-14-11-19(31)21(27-29(14)17-6-2-3-7-18(17)30(34)35)23(33)26-16-8-9-20(25-12-16)28-10-4-5-15(13-28)22(24)32/h2-3,6-9,11-12,15H,4-5,10,13H2,1H3,(H2,24,32)(H,26,33). The quantitative estimate of drug-likeness (QED) is 0.400. The van der Waals surface area contributed by atoms with E-state index in [0.717, 1.165) is 19.4 Å². The lowest BCUT2D eigenvalue weighted by atomic mass is 9.97. The highest BCUT2D eigenvalue weighted by Crippen LogP contribution is 2.24. The SMILES string of the molecule is Cc1cc(=O)c(C(=O)Nc2ccc(N3CCCC(C(N)=O)C3)nc2)nn1-c1ccccc1[N+](=O)[O-]. The van der Waals surface area contributed by atoms with Crippen molar-refractivity contribution in [1.82, 2.24) is 14.8 Å². The van der Waals surface area contributed by atoms with Gasteiger partial charge in [-0.1, -0.05) is 12.1 Å². The van der Waals surface area contributed by atoms with E-state index in [1.165, 1.54) is 35.1 Å². The molecule has 1 aromatic carbocycles. The smallest absolute Gasteiger partial charge is 0.294 e. The number of nitro benzene ring substituents is 1. The molecule has 0 spiro atoms. The zero-order chi connectivity index (χ0) is 25.1. The van der Waals surface area contributed by atoms with Gasteiger partial charge in [-0.25, -0.2) is 9.67 Å². The van der Waals surface area contributed by atoms with Crippen molar-refractivity contribution in [3.63, 3.8) is 0 Å². The Labute approximate surface area is 199 Å². The van der Waals surface area contributed by atoms with Crippen molar-refractivity contribution in [3.8, 4) is 5.69 Å². The molecule has 35 heavy (non-hydrogen) atoms. The van der Waals surface area contributed by atoms with Crippen LogP contribution in [0.5, 0.6) is 0 Å². The second kappa shape index (κ2) is 9.71. The number of para-hydroxylation sites is 2. The van der Waals surface area contributed by atoms with E-state index in [-0.39, 0.29) is 23.2 Å². The number of aryl methyl sites for hydroxylation is 1. The topological polar surface area (TPSA) is 166 Å². The average Bonchev–Trinajstić information content (AvgIpc) is 2.84. The first-order valence-corrected chi connectivity index (χ1v) is 10.9. The molecule has 12 heteroatoms. The van der Waals surface area contributed by atoms with Gasteiger partial charge in [-0.2, -0.15) is 5.10 Å². The van der Waals surface area contributed by atoms with E-state index in [9.17, 15) is 24.5 Å². The predicted molar refractivity (Wildman–Crippen MR) is 128 cm³/mol. The van der Waals surface area contributed by atoms with Crippen LogP contribution in [0.4, 0.5) is 17.2 Å². The first kappa shape index (κ1) is 23.5. The first-order chi connectivity index (χ1) is 16.7. The maximum absolute atomic E-state index is 12.8. The second-order valence-electron chi connectivity index (χ2n) is 8.20. The molecule has 0 bridgehead atoms. The van der Waals surface area contributed by atoms with E-state index in [4.69, 9.17) is 5.73 Å². The number of nitrogens with zero attached hydrogens (tertiary/aromatic N) is 5. The van der Waals surface area contributed by atoms with Crippen molar-refractivity contribution in [3.05, 3.63) is 80.4 Å². The molecule has 180 valence electrons. The summed E-state index contributed by atoms with van der Waals surface area (Å²) >= 11 is 0. The van der Waals surface area contributed by atoms with Crippen LogP contribution in [0.15, 0.2) is 53.5 Å². The van der Waals surface area contributed by atoms with Gasteiger partial charge in [0.25, 0.3) is 11.6 Å². The van der Waals surface area contributed by atoms with Crippen LogP contribution in [0.1, 0.15) is 29.0 Å². The van der Waals surface area contributed by atoms with Gasteiger partial charge in [-0.3, -0.25) is 24.5 Å². The summed E-state index contributed by atoms with van der Waals surface area (Å²) < 4.78 is 1.20. The van der Waals surface area contributed by atoms with Gasteiger partial charge < -0.3 is 16.0 Å². The van der Waals surface area contributed by atoms with Crippen LogP contribution in [-0.2, 0) is 4.79 Å². The molecule has 1 fully saturated rings. The van der Waals surface area contributed by atoms with Gasteiger partial charge in [0.2, 0.25) is 11.3 Å². The first-order valence-electron chi connectivity index (χ1n) is 10.9. The Morgan fingerprint density at radius 1 is 1.23 bits per heavy atom. The Bertz CT molecular complexity index is 1350. The van der Waals surface area contributed by atoms with Crippen molar-refractivity contribution in [1.29, 1.82) is 0 Å². The molecule has 1 unspecified atom stereocenters. The Hall–Kier alpha value is -4.61. The minimum Gasteiger partial charge on any atom is -0.369 e. The highest BCUT2D eigenvalue weighted by atomic mass is 16.6. The van der Waals surface area contributed by atoms with E-state index in [1.54, 1.807) is 25.1 Å². The highest BCUT2D eigenvalue weighted by Gasteiger charge is 2.25. The molecule has 0 saturated carbocycles. The lowest BCUT2D eigenvalue weighted by molar-refractivity contribution is -0.384. The predicted octanol–water partition coefficient (Wildman–Crippen LogP) is 1.80. The molecular formula is C23H23N7O5. The molecule has 3 heterocycles. The van der Waals surface area contributed by atoms with Crippen molar-refractivity contribution >= 4 is 29.0 Å². The summed E-state index contributed by atoms with van der Waals surface area (Å²) in [6.45, 7) is 2.78. The number of nitrogens with one attached hydrogen (secondary N) is 1. The van der Waals surface area contributed by atoms with Gasteiger partial charge in [0.1, 0.15) is 11.5 Å². The Kier molecular flexibility index (Phi) is 6.53. The number of hydrogen-bond donors (Lipinski definition) is 2. The molecular weight excluding hydrogens is 454 g/mol. The maximum Gasteiger partial charge on any atom is 0.294 e. The van der Waals surface area contributed by atoms with Gasteiger partial charge in [0, 0.05) is 30.9 Å². The van der Waals surface area contributed by atoms with Crippen molar-refractivity contribution in [2.45, 2.75) is 19.8 Å². The number of anilines is 2. The molecule has 1 atom stereocenters. The summed E-state index contributed by atoms with van der Waals surface area (Å²) in [5.41, 5.74) is 4.98. The van der Waals surface area contributed by atoms with Gasteiger partial charge in [-0.05, 0) is 38.0 Å². The number of rotatable bonds is 6. The minimum atomic E-state index is -0.774. The Balaban J connectivity index is 1.56. The molecule has 1 aliphatic rings. The molecule has 0 aliphatic carbocycles. The molecule has 4 rings (SSSR count). The summed E-state index contributed by atoms with van der Waals surface area (Å²) in [7, 11) is 0. The normalized spacial score (nSPS) is 15.5.